The van der Waals surface area contributed by atoms with E-state index in [1.807, 2.05) is 0 Å². The summed E-state index contributed by atoms with van der Waals surface area (Å²) in [7, 11) is 0. The summed E-state index contributed by atoms with van der Waals surface area (Å²) in [5.41, 5.74) is 0. The number of thioether (sulfide) groups is 1. The minimum atomic E-state index is 0.768. The van der Waals surface area contributed by atoms with Crippen LogP contribution in [0.3, 0.4) is 0 Å². The molecule has 0 spiro atoms. The van der Waals surface area contributed by atoms with Gasteiger partial charge < -0.3 is 5.32 Å². The van der Waals surface area contributed by atoms with Crippen molar-refractivity contribution in [2.75, 3.05) is 5.75 Å². The van der Waals surface area contributed by atoms with Gasteiger partial charge in [-0.25, -0.2) is 0 Å². The minimum absolute atomic E-state index is 0.768. The molecule has 2 rings (SSSR count). The van der Waals surface area contributed by atoms with Crippen molar-refractivity contribution in [3.05, 3.63) is 0 Å². The van der Waals surface area contributed by atoms with Gasteiger partial charge in [0.15, 0.2) is 0 Å². The molecular formula is C11H21NS. The van der Waals surface area contributed by atoms with Crippen LogP contribution in [0.5, 0.6) is 0 Å². The van der Waals surface area contributed by atoms with Gasteiger partial charge in [-0.3, -0.25) is 0 Å². The molecule has 1 aliphatic heterocycles. The minimum Gasteiger partial charge on any atom is -0.310 e. The molecule has 2 heteroatoms. The average molecular weight is 199 g/mol. The zero-order chi connectivity index (χ0) is 9.26. The summed E-state index contributed by atoms with van der Waals surface area (Å²) in [5.74, 6) is 2.32. The first kappa shape index (κ1) is 9.85. The monoisotopic (exact) mass is 199 g/mol. The van der Waals surface area contributed by atoms with Crippen LogP contribution >= 0.6 is 11.8 Å². The summed E-state index contributed by atoms with van der Waals surface area (Å²) in [5, 5.41) is 4.67. The number of hydrogen-bond donors (Lipinski definition) is 1. The molecule has 1 aliphatic carbocycles. The highest BCUT2D eigenvalue weighted by Crippen LogP contribution is 2.31. The normalized spacial score (nSPS) is 37.4. The van der Waals surface area contributed by atoms with Crippen LogP contribution in [0.15, 0.2) is 0 Å². The quantitative estimate of drug-likeness (QED) is 0.750. The van der Waals surface area contributed by atoms with E-state index in [1.165, 1.54) is 31.4 Å². The van der Waals surface area contributed by atoms with Gasteiger partial charge in [-0.2, -0.15) is 11.8 Å². The largest absolute Gasteiger partial charge is 0.310 e. The molecule has 3 atom stereocenters. The summed E-state index contributed by atoms with van der Waals surface area (Å²) in [6.45, 7) is 4.72. The van der Waals surface area contributed by atoms with E-state index in [2.05, 4.69) is 30.9 Å². The molecule has 0 radical (unpaired) electrons. The molecule has 1 nitrogen and oxygen atoms in total. The van der Waals surface area contributed by atoms with Gasteiger partial charge in [0.2, 0.25) is 0 Å². The highest BCUT2D eigenvalue weighted by atomic mass is 32.2. The number of rotatable bonds is 3. The van der Waals surface area contributed by atoms with Gasteiger partial charge >= 0.3 is 0 Å². The fraction of sp³-hybridized carbons (Fsp3) is 1.00. The molecule has 3 unspecified atom stereocenters. The lowest BCUT2D eigenvalue weighted by Gasteiger charge is -2.33. The maximum atomic E-state index is 3.79. The van der Waals surface area contributed by atoms with Crippen LogP contribution in [0.2, 0.25) is 0 Å². The van der Waals surface area contributed by atoms with E-state index in [0.717, 1.165) is 23.3 Å². The summed E-state index contributed by atoms with van der Waals surface area (Å²) >= 11 is 2.12. The molecular weight excluding hydrogens is 178 g/mol. The molecule has 1 heterocycles. The van der Waals surface area contributed by atoms with Gasteiger partial charge in [-0.05, 0) is 32.1 Å². The Morgan fingerprint density at radius 1 is 1.38 bits per heavy atom. The Balaban J connectivity index is 1.71. The third-order valence-corrected chi connectivity index (χ3v) is 4.91. The Bertz CT molecular complexity index is 167. The molecule has 2 aliphatic rings. The van der Waals surface area contributed by atoms with Crippen molar-refractivity contribution in [2.24, 2.45) is 5.92 Å². The smallest absolute Gasteiger partial charge is 0.0171 e. The molecule has 1 saturated carbocycles. The second kappa shape index (κ2) is 4.22. The van der Waals surface area contributed by atoms with Crippen molar-refractivity contribution in [2.45, 2.75) is 56.9 Å². The Kier molecular flexibility index (Phi) is 3.20. The summed E-state index contributed by atoms with van der Waals surface area (Å²) in [6, 6.07) is 1.57. The first-order valence-electron chi connectivity index (χ1n) is 5.63. The summed E-state index contributed by atoms with van der Waals surface area (Å²) < 4.78 is 0. The van der Waals surface area contributed by atoms with Crippen LogP contribution in [0.25, 0.3) is 0 Å². The van der Waals surface area contributed by atoms with E-state index in [9.17, 15) is 0 Å². The SMILES string of the molecule is CC1CC(NC(C)C2CCC2)CS1. The zero-order valence-corrected chi connectivity index (χ0v) is 9.57. The van der Waals surface area contributed by atoms with Gasteiger partial charge in [-0.1, -0.05) is 13.3 Å². The van der Waals surface area contributed by atoms with Crippen LogP contribution in [0, 0.1) is 5.92 Å². The van der Waals surface area contributed by atoms with E-state index < -0.39 is 0 Å². The van der Waals surface area contributed by atoms with Crippen LogP contribution < -0.4 is 5.32 Å². The zero-order valence-electron chi connectivity index (χ0n) is 8.75. The van der Waals surface area contributed by atoms with Crippen molar-refractivity contribution >= 4 is 11.8 Å². The molecule has 76 valence electrons. The van der Waals surface area contributed by atoms with Crippen molar-refractivity contribution in [1.29, 1.82) is 0 Å². The maximum absolute atomic E-state index is 3.79. The molecule has 0 bridgehead atoms. The van der Waals surface area contributed by atoms with Crippen molar-refractivity contribution in [3.8, 4) is 0 Å². The fourth-order valence-electron chi connectivity index (χ4n) is 2.38. The van der Waals surface area contributed by atoms with E-state index in [-0.39, 0.29) is 0 Å². The summed E-state index contributed by atoms with van der Waals surface area (Å²) in [4.78, 5) is 0. The first-order chi connectivity index (χ1) is 6.25. The molecule has 0 amide bonds. The van der Waals surface area contributed by atoms with E-state index >= 15 is 0 Å². The van der Waals surface area contributed by atoms with E-state index in [0.29, 0.717) is 0 Å². The third-order valence-electron chi connectivity index (χ3n) is 3.55. The van der Waals surface area contributed by atoms with Crippen LogP contribution in [-0.4, -0.2) is 23.1 Å². The first-order valence-corrected chi connectivity index (χ1v) is 6.68. The van der Waals surface area contributed by atoms with Crippen LogP contribution in [-0.2, 0) is 0 Å². The van der Waals surface area contributed by atoms with Crippen molar-refractivity contribution in [1.82, 2.24) is 5.32 Å². The van der Waals surface area contributed by atoms with Gasteiger partial charge in [0.25, 0.3) is 0 Å². The molecule has 0 aromatic rings. The average Bonchev–Trinajstić information content (AvgIpc) is 2.31. The van der Waals surface area contributed by atoms with Gasteiger partial charge in [0, 0.05) is 23.1 Å². The van der Waals surface area contributed by atoms with Crippen LogP contribution in [0.4, 0.5) is 0 Å². The Morgan fingerprint density at radius 2 is 2.15 bits per heavy atom. The predicted octanol–water partition coefficient (Wildman–Crippen LogP) is 2.66. The van der Waals surface area contributed by atoms with Gasteiger partial charge in [0.1, 0.15) is 0 Å². The second-order valence-corrected chi connectivity index (χ2v) is 6.19. The lowest BCUT2D eigenvalue weighted by molar-refractivity contribution is 0.229. The molecule has 2 fully saturated rings. The van der Waals surface area contributed by atoms with E-state index in [4.69, 9.17) is 0 Å². The lowest BCUT2D eigenvalue weighted by atomic mass is 9.80. The highest BCUT2D eigenvalue weighted by molar-refractivity contribution is 8.00. The Labute approximate surface area is 86.0 Å². The molecule has 13 heavy (non-hydrogen) atoms. The lowest BCUT2D eigenvalue weighted by Crippen LogP contribution is -2.43. The Morgan fingerprint density at radius 3 is 2.62 bits per heavy atom. The van der Waals surface area contributed by atoms with Crippen molar-refractivity contribution < 1.29 is 0 Å². The third kappa shape index (κ3) is 2.41. The molecule has 1 N–H and O–H groups in total. The molecule has 1 saturated heterocycles. The standard InChI is InChI=1S/C11H21NS/c1-8-6-11(7-13-8)12-9(2)10-4-3-5-10/h8-12H,3-7H2,1-2H3. The van der Waals surface area contributed by atoms with E-state index in [1.54, 1.807) is 0 Å². The van der Waals surface area contributed by atoms with Gasteiger partial charge in [0.05, 0.1) is 0 Å². The number of nitrogens with one attached hydrogen (secondary N) is 1. The summed E-state index contributed by atoms with van der Waals surface area (Å²) in [6.07, 6.45) is 5.77. The predicted molar refractivity (Wildman–Crippen MR) is 60.3 cm³/mol. The Hall–Kier alpha value is 0.310. The highest BCUT2D eigenvalue weighted by Gasteiger charge is 2.28. The maximum Gasteiger partial charge on any atom is 0.0171 e. The van der Waals surface area contributed by atoms with Gasteiger partial charge in [-0.15, -0.1) is 0 Å². The topological polar surface area (TPSA) is 12.0 Å². The van der Waals surface area contributed by atoms with Crippen molar-refractivity contribution in [3.63, 3.8) is 0 Å². The molecule has 0 aromatic carbocycles. The molecule has 0 aromatic heterocycles. The second-order valence-electron chi connectivity index (χ2n) is 4.72. The number of hydrogen-bond acceptors (Lipinski definition) is 2. The van der Waals surface area contributed by atoms with Crippen LogP contribution in [0.1, 0.15) is 39.5 Å². The fourth-order valence-corrected chi connectivity index (χ4v) is 3.54.